The first-order valence-corrected chi connectivity index (χ1v) is 6.60. The second-order valence-electron chi connectivity index (χ2n) is 5.00. The fourth-order valence-corrected chi connectivity index (χ4v) is 2.08. The maximum absolute atomic E-state index is 10.4. The molecule has 0 amide bonds. The van der Waals surface area contributed by atoms with Crippen molar-refractivity contribution in [1.29, 1.82) is 0 Å². The van der Waals surface area contributed by atoms with E-state index in [1.165, 1.54) is 0 Å². The highest BCUT2D eigenvalue weighted by Gasteiger charge is 2.24. The van der Waals surface area contributed by atoms with E-state index in [-0.39, 0.29) is 0 Å². The zero-order valence-corrected chi connectivity index (χ0v) is 10.9. The van der Waals surface area contributed by atoms with Crippen LogP contribution in [0, 0.1) is 6.92 Å². The first kappa shape index (κ1) is 12.2. The van der Waals surface area contributed by atoms with Gasteiger partial charge in [0.05, 0.1) is 11.8 Å². The number of aromatic nitrogens is 1. The number of aliphatic hydroxyl groups is 1. The van der Waals surface area contributed by atoms with Gasteiger partial charge >= 0.3 is 0 Å². The SMILES string of the molecule is Cc1cccnc1C(O)c1cccc(OC2CC2)c1. The minimum atomic E-state index is -0.705. The minimum Gasteiger partial charge on any atom is -0.490 e. The van der Waals surface area contributed by atoms with Crippen LogP contribution in [0.15, 0.2) is 42.6 Å². The van der Waals surface area contributed by atoms with E-state index in [0.29, 0.717) is 11.8 Å². The Morgan fingerprint density at radius 3 is 2.84 bits per heavy atom. The van der Waals surface area contributed by atoms with Crippen LogP contribution in [0.1, 0.15) is 35.8 Å². The molecule has 0 saturated heterocycles. The van der Waals surface area contributed by atoms with Crippen LogP contribution in [0.5, 0.6) is 5.75 Å². The number of benzene rings is 1. The van der Waals surface area contributed by atoms with E-state index in [1.54, 1.807) is 6.20 Å². The van der Waals surface area contributed by atoms with Gasteiger partial charge in [0.25, 0.3) is 0 Å². The molecular weight excluding hydrogens is 238 g/mol. The lowest BCUT2D eigenvalue weighted by atomic mass is 10.0. The molecule has 0 bridgehead atoms. The third-order valence-corrected chi connectivity index (χ3v) is 3.31. The highest BCUT2D eigenvalue weighted by Crippen LogP contribution is 2.30. The summed E-state index contributed by atoms with van der Waals surface area (Å²) in [7, 11) is 0. The molecule has 1 saturated carbocycles. The monoisotopic (exact) mass is 255 g/mol. The van der Waals surface area contributed by atoms with Gasteiger partial charge < -0.3 is 9.84 Å². The summed E-state index contributed by atoms with van der Waals surface area (Å²) < 4.78 is 5.75. The van der Waals surface area contributed by atoms with Crippen molar-refractivity contribution >= 4 is 0 Å². The van der Waals surface area contributed by atoms with Crippen LogP contribution in [0.3, 0.4) is 0 Å². The molecule has 1 unspecified atom stereocenters. The van der Waals surface area contributed by atoms with E-state index in [9.17, 15) is 5.11 Å². The van der Waals surface area contributed by atoms with Crippen LogP contribution in [0.4, 0.5) is 0 Å². The van der Waals surface area contributed by atoms with Crippen molar-refractivity contribution in [3.63, 3.8) is 0 Å². The first-order valence-electron chi connectivity index (χ1n) is 6.60. The van der Waals surface area contributed by atoms with Gasteiger partial charge in [-0.3, -0.25) is 4.98 Å². The number of aliphatic hydroxyl groups excluding tert-OH is 1. The lowest BCUT2D eigenvalue weighted by molar-refractivity contribution is 0.213. The normalized spacial score (nSPS) is 16.1. The Bertz CT molecular complexity index is 578. The van der Waals surface area contributed by atoms with Gasteiger partial charge in [-0.05, 0) is 49.1 Å². The zero-order valence-electron chi connectivity index (χ0n) is 10.9. The Morgan fingerprint density at radius 1 is 1.26 bits per heavy atom. The third kappa shape index (κ3) is 2.76. The molecule has 98 valence electrons. The fourth-order valence-electron chi connectivity index (χ4n) is 2.08. The molecule has 3 heteroatoms. The Labute approximate surface area is 112 Å². The van der Waals surface area contributed by atoms with Crippen molar-refractivity contribution in [1.82, 2.24) is 4.98 Å². The van der Waals surface area contributed by atoms with Crippen molar-refractivity contribution in [2.45, 2.75) is 32.0 Å². The topological polar surface area (TPSA) is 42.4 Å². The standard InChI is InChI=1S/C16H17NO2/c1-11-4-3-9-17-15(11)16(18)12-5-2-6-14(10-12)19-13-7-8-13/h2-6,9-10,13,16,18H,7-8H2,1H3. The summed E-state index contributed by atoms with van der Waals surface area (Å²) in [6.45, 7) is 1.95. The number of pyridine rings is 1. The van der Waals surface area contributed by atoms with Crippen LogP contribution in [-0.2, 0) is 0 Å². The first-order chi connectivity index (χ1) is 9.24. The number of hydrogen-bond donors (Lipinski definition) is 1. The highest BCUT2D eigenvalue weighted by molar-refractivity contribution is 5.35. The second kappa shape index (κ2) is 5.02. The van der Waals surface area contributed by atoms with E-state index in [0.717, 1.165) is 29.7 Å². The number of aryl methyl sites for hydroxylation is 1. The molecule has 19 heavy (non-hydrogen) atoms. The molecule has 3 rings (SSSR count). The number of ether oxygens (including phenoxy) is 1. The van der Waals surface area contributed by atoms with Crippen molar-refractivity contribution in [2.24, 2.45) is 0 Å². The summed E-state index contributed by atoms with van der Waals surface area (Å²) in [5.74, 6) is 0.827. The van der Waals surface area contributed by atoms with Crippen LogP contribution in [-0.4, -0.2) is 16.2 Å². The zero-order chi connectivity index (χ0) is 13.2. The molecule has 0 radical (unpaired) electrons. The van der Waals surface area contributed by atoms with E-state index < -0.39 is 6.10 Å². The summed E-state index contributed by atoms with van der Waals surface area (Å²) in [6.07, 6.45) is 3.63. The van der Waals surface area contributed by atoms with E-state index >= 15 is 0 Å². The molecule has 1 N–H and O–H groups in total. The lowest BCUT2D eigenvalue weighted by Crippen LogP contribution is -2.05. The maximum atomic E-state index is 10.4. The lowest BCUT2D eigenvalue weighted by Gasteiger charge is -2.14. The van der Waals surface area contributed by atoms with Crippen molar-refractivity contribution in [3.05, 3.63) is 59.4 Å². The smallest absolute Gasteiger partial charge is 0.121 e. The molecule has 1 aliphatic carbocycles. The van der Waals surface area contributed by atoms with Gasteiger partial charge in [0.15, 0.2) is 0 Å². The number of nitrogens with zero attached hydrogens (tertiary/aromatic N) is 1. The average Bonchev–Trinajstić information content (AvgIpc) is 3.23. The van der Waals surface area contributed by atoms with E-state index in [2.05, 4.69) is 4.98 Å². The van der Waals surface area contributed by atoms with Crippen molar-refractivity contribution < 1.29 is 9.84 Å². The maximum Gasteiger partial charge on any atom is 0.121 e. The second-order valence-corrected chi connectivity index (χ2v) is 5.00. The van der Waals surface area contributed by atoms with Gasteiger partial charge in [-0.15, -0.1) is 0 Å². The van der Waals surface area contributed by atoms with Gasteiger partial charge in [0, 0.05) is 6.20 Å². The molecular formula is C16H17NO2. The molecule has 1 heterocycles. The van der Waals surface area contributed by atoms with Gasteiger partial charge in [0.2, 0.25) is 0 Å². The largest absolute Gasteiger partial charge is 0.490 e. The third-order valence-electron chi connectivity index (χ3n) is 3.31. The average molecular weight is 255 g/mol. The molecule has 1 aliphatic rings. The van der Waals surface area contributed by atoms with Crippen LogP contribution in [0.25, 0.3) is 0 Å². The van der Waals surface area contributed by atoms with E-state index in [4.69, 9.17) is 4.74 Å². The van der Waals surface area contributed by atoms with Crippen molar-refractivity contribution in [2.75, 3.05) is 0 Å². The quantitative estimate of drug-likeness (QED) is 0.913. The molecule has 3 nitrogen and oxygen atoms in total. The summed E-state index contributed by atoms with van der Waals surface area (Å²) in [4.78, 5) is 4.27. The summed E-state index contributed by atoms with van der Waals surface area (Å²) in [6, 6.07) is 11.5. The van der Waals surface area contributed by atoms with Crippen LogP contribution in [0.2, 0.25) is 0 Å². The number of rotatable bonds is 4. The Morgan fingerprint density at radius 2 is 2.11 bits per heavy atom. The molecule has 1 aromatic carbocycles. The van der Waals surface area contributed by atoms with Crippen LogP contribution < -0.4 is 4.74 Å². The Kier molecular flexibility index (Phi) is 3.22. The highest BCUT2D eigenvalue weighted by atomic mass is 16.5. The summed E-state index contributed by atoms with van der Waals surface area (Å²) >= 11 is 0. The Balaban J connectivity index is 1.86. The summed E-state index contributed by atoms with van der Waals surface area (Å²) in [5, 5.41) is 10.4. The van der Waals surface area contributed by atoms with Gasteiger partial charge in [-0.2, -0.15) is 0 Å². The van der Waals surface area contributed by atoms with Crippen LogP contribution >= 0.6 is 0 Å². The Hall–Kier alpha value is -1.87. The molecule has 2 aromatic rings. The predicted octanol–water partition coefficient (Wildman–Crippen LogP) is 3.01. The predicted molar refractivity (Wildman–Crippen MR) is 73.1 cm³/mol. The minimum absolute atomic E-state index is 0.365. The molecule has 1 fully saturated rings. The molecule has 0 aliphatic heterocycles. The summed E-state index contributed by atoms with van der Waals surface area (Å²) in [5.41, 5.74) is 2.51. The molecule has 0 spiro atoms. The van der Waals surface area contributed by atoms with Gasteiger partial charge in [-0.25, -0.2) is 0 Å². The van der Waals surface area contributed by atoms with Gasteiger partial charge in [0.1, 0.15) is 11.9 Å². The molecule has 1 atom stereocenters. The fraction of sp³-hybridized carbons (Fsp3) is 0.312. The van der Waals surface area contributed by atoms with Crippen molar-refractivity contribution in [3.8, 4) is 5.75 Å². The van der Waals surface area contributed by atoms with E-state index in [1.807, 2.05) is 43.3 Å². The molecule has 1 aromatic heterocycles. The van der Waals surface area contributed by atoms with Gasteiger partial charge in [-0.1, -0.05) is 18.2 Å². The number of hydrogen-bond acceptors (Lipinski definition) is 3.